The average Bonchev–Trinajstić information content (AvgIpc) is 2.89. The second-order valence-corrected chi connectivity index (χ2v) is 4.59. The Kier molecular flexibility index (Phi) is 4.12. The molecule has 0 aliphatic carbocycles. The van der Waals surface area contributed by atoms with Crippen LogP contribution in [-0.2, 0) is 12.1 Å². The highest BCUT2D eigenvalue weighted by molar-refractivity contribution is 5.21. The second-order valence-electron chi connectivity index (χ2n) is 4.59. The van der Waals surface area contributed by atoms with Crippen molar-refractivity contribution in [1.29, 1.82) is 0 Å². The lowest BCUT2D eigenvalue weighted by molar-refractivity contribution is 0.0569. The summed E-state index contributed by atoms with van der Waals surface area (Å²) in [5, 5.41) is 17.7. The molecule has 96 valence electrons. The molecule has 1 aromatic heterocycles. The van der Waals surface area contributed by atoms with Gasteiger partial charge >= 0.3 is 0 Å². The topological polar surface area (TPSA) is 50.1 Å². The van der Waals surface area contributed by atoms with Crippen molar-refractivity contribution in [1.82, 2.24) is 15.1 Å². The molecule has 2 aromatic rings. The fraction of sp³-hybridized carbons (Fsp3) is 0.357. The zero-order valence-electron chi connectivity index (χ0n) is 10.6. The minimum Gasteiger partial charge on any atom is -0.384 e. The highest BCUT2D eigenvalue weighted by Gasteiger charge is 2.21. The van der Waals surface area contributed by atoms with Crippen LogP contribution < -0.4 is 5.32 Å². The number of rotatable bonds is 6. The molecule has 18 heavy (non-hydrogen) atoms. The SMILES string of the molecule is CC(O)(CNCCn1cccn1)c1ccccc1. The third-order valence-corrected chi connectivity index (χ3v) is 2.94. The monoisotopic (exact) mass is 245 g/mol. The van der Waals surface area contributed by atoms with Crippen molar-refractivity contribution in [2.75, 3.05) is 13.1 Å². The predicted octanol–water partition coefficient (Wildman–Crippen LogP) is 1.38. The van der Waals surface area contributed by atoms with Crippen LogP contribution in [0.3, 0.4) is 0 Å². The van der Waals surface area contributed by atoms with Crippen LogP contribution in [0.1, 0.15) is 12.5 Å². The zero-order valence-corrected chi connectivity index (χ0v) is 10.6. The molecule has 2 N–H and O–H groups in total. The first-order chi connectivity index (χ1) is 8.68. The summed E-state index contributed by atoms with van der Waals surface area (Å²) in [6.07, 6.45) is 3.69. The fourth-order valence-corrected chi connectivity index (χ4v) is 1.86. The number of aliphatic hydroxyl groups is 1. The third-order valence-electron chi connectivity index (χ3n) is 2.94. The summed E-state index contributed by atoms with van der Waals surface area (Å²) in [4.78, 5) is 0. The normalized spacial score (nSPS) is 14.3. The van der Waals surface area contributed by atoms with E-state index >= 15 is 0 Å². The van der Waals surface area contributed by atoms with Gasteiger partial charge in [-0.1, -0.05) is 30.3 Å². The second kappa shape index (κ2) is 5.80. The Morgan fingerprint density at radius 3 is 2.72 bits per heavy atom. The summed E-state index contributed by atoms with van der Waals surface area (Å²) < 4.78 is 1.87. The molecule has 0 saturated heterocycles. The summed E-state index contributed by atoms with van der Waals surface area (Å²) in [5.41, 5.74) is 0.0855. The molecule has 1 atom stereocenters. The number of nitrogens with one attached hydrogen (secondary N) is 1. The minimum absolute atomic E-state index is 0.526. The first kappa shape index (κ1) is 12.8. The molecule has 4 nitrogen and oxygen atoms in total. The van der Waals surface area contributed by atoms with E-state index in [0.29, 0.717) is 6.54 Å². The van der Waals surface area contributed by atoms with Gasteiger partial charge in [0.25, 0.3) is 0 Å². The molecular weight excluding hydrogens is 226 g/mol. The van der Waals surface area contributed by atoms with E-state index in [9.17, 15) is 5.11 Å². The minimum atomic E-state index is -0.842. The van der Waals surface area contributed by atoms with E-state index in [-0.39, 0.29) is 0 Å². The lowest BCUT2D eigenvalue weighted by Gasteiger charge is -2.24. The molecular formula is C14H19N3O. The van der Waals surface area contributed by atoms with E-state index < -0.39 is 5.60 Å². The third kappa shape index (κ3) is 3.42. The van der Waals surface area contributed by atoms with Gasteiger partial charge in [0, 0.05) is 25.5 Å². The summed E-state index contributed by atoms with van der Waals surface area (Å²) in [6, 6.07) is 11.6. The van der Waals surface area contributed by atoms with Gasteiger partial charge in [0.05, 0.1) is 12.1 Å². The Labute approximate surface area is 107 Å². The highest BCUT2D eigenvalue weighted by atomic mass is 16.3. The fourth-order valence-electron chi connectivity index (χ4n) is 1.86. The van der Waals surface area contributed by atoms with Crippen LogP contribution in [0.15, 0.2) is 48.8 Å². The summed E-state index contributed by atoms with van der Waals surface area (Å²) >= 11 is 0. The largest absolute Gasteiger partial charge is 0.384 e. The summed E-state index contributed by atoms with van der Waals surface area (Å²) in [6.45, 7) is 3.93. The van der Waals surface area contributed by atoms with Gasteiger partial charge in [0.2, 0.25) is 0 Å². The molecule has 4 heteroatoms. The first-order valence-corrected chi connectivity index (χ1v) is 6.14. The highest BCUT2D eigenvalue weighted by Crippen LogP contribution is 2.18. The van der Waals surface area contributed by atoms with Gasteiger partial charge in [-0.15, -0.1) is 0 Å². The van der Waals surface area contributed by atoms with Crippen molar-refractivity contribution in [3.8, 4) is 0 Å². The molecule has 1 aromatic carbocycles. The number of hydrogen-bond donors (Lipinski definition) is 2. The van der Waals surface area contributed by atoms with Crippen LogP contribution >= 0.6 is 0 Å². The maximum Gasteiger partial charge on any atom is 0.0992 e. The molecule has 0 fully saturated rings. The Bertz CT molecular complexity index is 451. The lowest BCUT2D eigenvalue weighted by atomic mass is 9.96. The van der Waals surface area contributed by atoms with Crippen molar-refractivity contribution < 1.29 is 5.11 Å². The molecule has 0 radical (unpaired) electrons. The van der Waals surface area contributed by atoms with Gasteiger partial charge < -0.3 is 10.4 Å². The van der Waals surface area contributed by atoms with Crippen molar-refractivity contribution >= 4 is 0 Å². The Hall–Kier alpha value is -1.65. The van der Waals surface area contributed by atoms with E-state index in [1.807, 2.05) is 54.2 Å². The van der Waals surface area contributed by atoms with Gasteiger partial charge in [-0.2, -0.15) is 5.10 Å². The molecule has 0 aliphatic rings. The zero-order chi connectivity index (χ0) is 12.8. The molecule has 0 amide bonds. The van der Waals surface area contributed by atoms with Crippen LogP contribution in [0.5, 0.6) is 0 Å². The smallest absolute Gasteiger partial charge is 0.0992 e. The number of aromatic nitrogens is 2. The summed E-state index contributed by atoms with van der Waals surface area (Å²) in [7, 11) is 0. The molecule has 1 unspecified atom stereocenters. The van der Waals surface area contributed by atoms with Gasteiger partial charge in [0.15, 0.2) is 0 Å². The van der Waals surface area contributed by atoms with Crippen molar-refractivity contribution in [2.45, 2.75) is 19.1 Å². The van der Waals surface area contributed by atoms with Crippen LogP contribution in [0.4, 0.5) is 0 Å². The van der Waals surface area contributed by atoms with Crippen LogP contribution in [0.25, 0.3) is 0 Å². The number of hydrogen-bond acceptors (Lipinski definition) is 3. The van der Waals surface area contributed by atoms with Crippen molar-refractivity contribution in [3.05, 3.63) is 54.4 Å². The Morgan fingerprint density at radius 1 is 1.28 bits per heavy atom. The van der Waals surface area contributed by atoms with Crippen molar-refractivity contribution in [2.24, 2.45) is 0 Å². The van der Waals surface area contributed by atoms with E-state index in [0.717, 1.165) is 18.7 Å². The molecule has 0 spiro atoms. The van der Waals surface area contributed by atoms with Crippen LogP contribution in [0.2, 0.25) is 0 Å². The average molecular weight is 245 g/mol. The number of benzene rings is 1. The molecule has 2 rings (SSSR count). The molecule has 0 aliphatic heterocycles. The molecule has 1 heterocycles. The maximum absolute atomic E-state index is 10.4. The van der Waals surface area contributed by atoms with Gasteiger partial charge in [0.1, 0.15) is 0 Å². The maximum atomic E-state index is 10.4. The van der Waals surface area contributed by atoms with Crippen LogP contribution in [0, 0.1) is 0 Å². The number of nitrogens with zero attached hydrogens (tertiary/aromatic N) is 2. The molecule has 0 bridgehead atoms. The van der Waals surface area contributed by atoms with Gasteiger partial charge in [-0.25, -0.2) is 0 Å². The Morgan fingerprint density at radius 2 is 2.06 bits per heavy atom. The first-order valence-electron chi connectivity index (χ1n) is 6.14. The summed E-state index contributed by atoms with van der Waals surface area (Å²) in [5.74, 6) is 0. The van der Waals surface area contributed by atoms with Crippen LogP contribution in [-0.4, -0.2) is 28.0 Å². The van der Waals surface area contributed by atoms with Crippen molar-refractivity contribution in [3.63, 3.8) is 0 Å². The van der Waals surface area contributed by atoms with Gasteiger partial charge in [-0.05, 0) is 18.6 Å². The predicted molar refractivity (Wildman–Crippen MR) is 71.1 cm³/mol. The lowest BCUT2D eigenvalue weighted by Crippen LogP contribution is -2.36. The van der Waals surface area contributed by atoms with Gasteiger partial charge in [-0.3, -0.25) is 4.68 Å². The quantitative estimate of drug-likeness (QED) is 0.756. The van der Waals surface area contributed by atoms with E-state index in [1.165, 1.54) is 0 Å². The standard InChI is InChI=1S/C14H19N3O/c1-14(18,13-6-3-2-4-7-13)12-15-9-11-17-10-5-8-16-17/h2-8,10,15,18H,9,11-12H2,1H3. The van der Waals surface area contributed by atoms with E-state index in [1.54, 1.807) is 6.20 Å². The molecule has 0 saturated carbocycles. The Balaban J connectivity index is 1.79. The van der Waals surface area contributed by atoms with E-state index in [4.69, 9.17) is 0 Å². The van der Waals surface area contributed by atoms with E-state index in [2.05, 4.69) is 10.4 Å².